The Morgan fingerprint density at radius 1 is 1.50 bits per heavy atom. The minimum Gasteiger partial charge on any atom is -0.387 e. The summed E-state index contributed by atoms with van der Waals surface area (Å²) in [6.45, 7) is 10.7. The lowest BCUT2D eigenvalue weighted by molar-refractivity contribution is -0.0954. The molecule has 2 heteroatoms. The van der Waals surface area contributed by atoms with E-state index in [1.807, 2.05) is 6.92 Å². The largest absolute Gasteiger partial charge is 0.387 e. The van der Waals surface area contributed by atoms with Crippen LogP contribution in [0, 0.1) is 0 Å². The van der Waals surface area contributed by atoms with Gasteiger partial charge in [-0.3, -0.25) is 4.90 Å². The molecule has 0 radical (unpaired) electrons. The fourth-order valence-electron chi connectivity index (χ4n) is 1.55. The van der Waals surface area contributed by atoms with E-state index in [-0.39, 0.29) is 0 Å². The Hall–Kier alpha value is -0.340. The van der Waals surface area contributed by atoms with Crippen molar-refractivity contribution in [3.8, 4) is 0 Å². The van der Waals surface area contributed by atoms with E-state index in [1.54, 1.807) is 0 Å². The molecular weight excluding hydrogens is 150 g/mol. The van der Waals surface area contributed by atoms with Crippen molar-refractivity contribution in [2.24, 2.45) is 0 Å². The highest BCUT2D eigenvalue weighted by molar-refractivity contribution is 5.03. The van der Waals surface area contributed by atoms with E-state index in [0.29, 0.717) is 0 Å². The van der Waals surface area contributed by atoms with Crippen LogP contribution in [-0.2, 0) is 0 Å². The van der Waals surface area contributed by atoms with E-state index in [4.69, 9.17) is 0 Å². The molecule has 0 bridgehead atoms. The molecule has 0 unspecified atom stereocenters. The average molecular weight is 169 g/mol. The lowest BCUT2D eigenvalue weighted by Gasteiger charge is -2.46. The number of hydrogen-bond donors (Lipinski definition) is 1. The Labute approximate surface area is 74.9 Å². The lowest BCUT2D eigenvalue weighted by atomic mass is 9.91. The number of rotatable bonds is 4. The first kappa shape index (κ1) is 9.75. The second-order valence-corrected chi connectivity index (χ2v) is 3.83. The van der Waals surface area contributed by atoms with Gasteiger partial charge in [0.25, 0.3) is 0 Å². The van der Waals surface area contributed by atoms with Crippen LogP contribution in [-0.4, -0.2) is 35.2 Å². The smallest absolute Gasteiger partial charge is 0.0897 e. The van der Waals surface area contributed by atoms with Crippen LogP contribution in [0.15, 0.2) is 12.2 Å². The van der Waals surface area contributed by atoms with Crippen molar-refractivity contribution in [1.29, 1.82) is 0 Å². The minimum absolute atomic E-state index is 0.395. The highest BCUT2D eigenvalue weighted by Crippen LogP contribution is 2.24. The van der Waals surface area contributed by atoms with Gasteiger partial charge >= 0.3 is 0 Å². The van der Waals surface area contributed by atoms with Gasteiger partial charge in [0.15, 0.2) is 0 Å². The topological polar surface area (TPSA) is 23.5 Å². The van der Waals surface area contributed by atoms with Gasteiger partial charge < -0.3 is 5.11 Å². The third-order valence-electron chi connectivity index (χ3n) is 2.64. The van der Waals surface area contributed by atoms with Gasteiger partial charge in [-0.25, -0.2) is 0 Å². The molecule has 1 fully saturated rings. The third-order valence-corrected chi connectivity index (χ3v) is 2.64. The summed E-state index contributed by atoms with van der Waals surface area (Å²) >= 11 is 0. The highest BCUT2D eigenvalue weighted by atomic mass is 16.3. The summed E-state index contributed by atoms with van der Waals surface area (Å²) in [4.78, 5) is 2.25. The maximum atomic E-state index is 9.70. The molecular formula is C10H19NO. The molecule has 1 heterocycles. The van der Waals surface area contributed by atoms with Gasteiger partial charge in [-0.2, -0.15) is 0 Å². The van der Waals surface area contributed by atoms with Crippen LogP contribution in [0.3, 0.4) is 0 Å². The number of likely N-dealkylation sites (tertiary alicyclic amines) is 1. The molecule has 0 aromatic carbocycles. The summed E-state index contributed by atoms with van der Waals surface area (Å²) in [5.74, 6) is 0. The van der Waals surface area contributed by atoms with Crippen molar-refractivity contribution < 1.29 is 5.11 Å². The van der Waals surface area contributed by atoms with Gasteiger partial charge in [-0.1, -0.05) is 26.0 Å². The number of aliphatic hydroxyl groups is 1. The van der Waals surface area contributed by atoms with Crippen LogP contribution < -0.4 is 0 Å². The van der Waals surface area contributed by atoms with Gasteiger partial charge in [0, 0.05) is 19.6 Å². The van der Waals surface area contributed by atoms with Crippen LogP contribution in [0.2, 0.25) is 0 Å². The van der Waals surface area contributed by atoms with Gasteiger partial charge in [0.2, 0.25) is 0 Å². The Balaban J connectivity index is 2.21. The molecule has 0 amide bonds. The van der Waals surface area contributed by atoms with Gasteiger partial charge in [0.05, 0.1) is 5.60 Å². The zero-order valence-electron chi connectivity index (χ0n) is 8.14. The van der Waals surface area contributed by atoms with Crippen molar-refractivity contribution in [2.45, 2.75) is 32.3 Å². The number of β-amino-alcohol motifs (C(OH)–C–C–N with tert-alkyl or cyclic N) is 1. The van der Waals surface area contributed by atoms with Gasteiger partial charge in [-0.05, 0) is 12.8 Å². The molecule has 0 aromatic heterocycles. The fourth-order valence-corrected chi connectivity index (χ4v) is 1.55. The van der Waals surface area contributed by atoms with E-state index in [9.17, 15) is 5.11 Å². The molecule has 2 nitrogen and oxygen atoms in total. The van der Waals surface area contributed by atoms with Crippen LogP contribution in [0.25, 0.3) is 0 Å². The maximum absolute atomic E-state index is 9.70. The summed E-state index contributed by atoms with van der Waals surface area (Å²) in [6.07, 6.45) is 1.91. The summed E-state index contributed by atoms with van der Waals surface area (Å²) in [6, 6.07) is 0. The fraction of sp³-hybridized carbons (Fsp3) is 0.800. The van der Waals surface area contributed by atoms with Gasteiger partial charge in [0.1, 0.15) is 0 Å². The van der Waals surface area contributed by atoms with Crippen molar-refractivity contribution in [3.05, 3.63) is 12.2 Å². The lowest BCUT2D eigenvalue weighted by Crippen LogP contribution is -2.61. The maximum Gasteiger partial charge on any atom is 0.0897 e. The normalized spacial score (nSPS) is 21.9. The Morgan fingerprint density at radius 2 is 2.08 bits per heavy atom. The summed E-state index contributed by atoms with van der Waals surface area (Å²) in [5.41, 5.74) is 0.863. The van der Waals surface area contributed by atoms with Crippen LogP contribution in [0.1, 0.15) is 26.7 Å². The molecule has 12 heavy (non-hydrogen) atoms. The predicted octanol–water partition coefficient (Wildman–Crippen LogP) is 1.41. The Morgan fingerprint density at radius 3 is 2.50 bits per heavy atom. The SMILES string of the molecule is C=C(CC)CN1CC(O)(CC)C1. The van der Waals surface area contributed by atoms with E-state index in [0.717, 1.165) is 32.5 Å². The van der Waals surface area contributed by atoms with Crippen LogP contribution in [0.5, 0.6) is 0 Å². The molecule has 70 valence electrons. The predicted molar refractivity (Wildman–Crippen MR) is 51.1 cm³/mol. The minimum atomic E-state index is -0.395. The summed E-state index contributed by atoms with van der Waals surface area (Å²) < 4.78 is 0. The summed E-state index contributed by atoms with van der Waals surface area (Å²) in [7, 11) is 0. The Bertz CT molecular complexity index is 171. The number of nitrogens with zero attached hydrogens (tertiary/aromatic N) is 1. The van der Waals surface area contributed by atoms with Crippen molar-refractivity contribution in [3.63, 3.8) is 0 Å². The van der Waals surface area contributed by atoms with Crippen LogP contribution in [0.4, 0.5) is 0 Å². The summed E-state index contributed by atoms with van der Waals surface area (Å²) in [5, 5.41) is 9.70. The average Bonchev–Trinajstić information content (AvgIpc) is 2.01. The van der Waals surface area contributed by atoms with E-state index in [1.165, 1.54) is 5.57 Å². The molecule has 1 aliphatic heterocycles. The first-order valence-corrected chi connectivity index (χ1v) is 4.71. The van der Waals surface area contributed by atoms with Gasteiger partial charge in [-0.15, -0.1) is 0 Å². The monoisotopic (exact) mass is 169 g/mol. The molecule has 1 rings (SSSR count). The standard InChI is InChI=1S/C10H19NO/c1-4-9(3)6-11-7-10(12,5-2)8-11/h12H,3-8H2,1-2H3. The molecule has 1 saturated heterocycles. The van der Waals surface area contributed by atoms with Crippen molar-refractivity contribution in [2.75, 3.05) is 19.6 Å². The zero-order valence-corrected chi connectivity index (χ0v) is 8.14. The second kappa shape index (κ2) is 3.58. The molecule has 0 aromatic rings. The van der Waals surface area contributed by atoms with E-state index in [2.05, 4.69) is 18.4 Å². The third kappa shape index (κ3) is 2.08. The Kier molecular flexibility index (Phi) is 2.91. The zero-order chi connectivity index (χ0) is 9.19. The van der Waals surface area contributed by atoms with Crippen molar-refractivity contribution >= 4 is 0 Å². The second-order valence-electron chi connectivity index (χ2n) is 3.83. The quantitative estimate of drug-likeness (QED) is 0.643. The first-order chi connectivity index (χ1) is 5.59. The highest BCUT2D eigenvalue weighted by Gasteiger charge is 2.38. The molecule has 0 aliphatic carbocycles. The molecule has 0 saturated carbocycles. The van der Waals surface area contributed by atoms with Crippen LogP contribution >= 0.6 is 0 Å². The molecule has 1 aliphatic rings. The number of hydrogen-bond acceptors (Lipinski definition) is 2. The van der Waals surface area contributed by atoms with E-state index >= 15 is 0 Å². The molecule has 0 spiro atoms. The van der Waals surface area contributed by atoms with Crippen molar-refractivity contribution in [1.82, 2.24) is 4.90 Å². The van der Waals surface area contributed by atoms with E-state index < -0.39 is 5.60 Å². The first-order valence-electron chi connectivity index (χ1n) is 4.71. The molecule has 1 N–H and O–H groups in total. The molecule has 0 atom stereocenters.